The molecule has 0 unspecified atom stereocenters. The highest BCUT2D eigenvalue weighted by Gasteiger charge is 2.38. The van der Waals surface area contributed by atoms with E-state index >= 15 is 0 Å². The average molecular weight is 627 g/mol. The summed E-state index contributed by atoms with van der Waals surface area (Å²) in [5.74, 6) is -2.14. The number of nitriles is 1. The Kier molecular flexibility index (Phi) is 7.11. The van der Waals surface area contributed by atoms with Crippen molar-refractivity contribution in [2.24, 2.45) is 0 Å². The van der Waals surface area contributed by atoms with Crippen LogP contribution in [-0.4, -0.2) is 25.7 Å². The Morgan fingerprint density at radius 1 is 1.16 bits per heavy atom. The number of hydrogen-bond donors (Lipinski definition) is 0. The first-order chi connectivity index (χ1) is 18.1. The first-order valence-electron chi connectivity index (χ1n) is 12.6. The first-order valence-corrected chi connectivity index (χ1v) is 13.7. The number of aromatic nitrogens is 4. The van der Waals surface area contributed by atoms with E-state index in [4.69, 9.17) is 14.8 Å². The van der Waals surface area contributed by atoms with Crippen LogP contribution in [0, 0.1) is 14.9 Å². The molecule has 0 N–H and O–H groups in total. The molecule has 0 radical (unpaired) electrons. The monoisotopic (exact) mass is 627 g/mol. The molecule has 3 aromatic heterocycles. The second-order valence-corrected chi connectivity index (χ2v) is 11.8. The number of rotatable bonds is 5. The van der Waals surface area contributed by atoms with Crippen molar-refractivity contribution in [3.8, 4) is 23.2 Å². The van der Waals surface area contributed by atoms with Gasteiger partial charge < -0.3 is 4.74 Å². The largest absolute Gasteiger partial charge is 0.488 e. The molecule has 4 aromatic rings. The minimum atomic E-state index is -2.63. The van der Waals surface area contributed by atoms with E-state index in [1.165, 1.54) is 0 Å². The van der Waals surface area contributed by atoms with Crippen molar-refractivity contribution in [3.63, 3.8) is 0 Å². The van der Waals surface area contributed by atoms with E-state index in [1.807, 2.05) is 41.1 Å². The van der Waals surface area contributed by atoms with Gasteiger partial charge in [-0.25, -0.2) is 18.7 Å². The Morgan fingerprint density at radius 3 is 2.53 bits per heavy atom. The number of ether oxygens (including phenoxy) is 1. The van der Waals surface area contributed by atoms with Crippen LogP contribution in [0.25, 0.3) is 22.3 Å². The van der Waals surface area contributed by atoms with Crippen molar-refractivity contribution >= 4 is 33.5 Å². The summed E-state index contributed by atoms with van der Waals surface area (Å²) in [6, 6.07) is 15.4. The molecule has 0 atom stereocenters. The molecule has 3 heterocycles. The molecule has 196 valence electrons. The summed E-state index contributed by atoms with van der Waals surface area (Å²) in [5.41, 5.74) is 3.85. The molecular formula is C29H28F2IN5O. The molecule has 1 saturated carbocycles. The highest BCUT2D eigenvalue weighted by molar-refractivity contribution is 14.1. The van der Waals surface area contributed by atoms with Gasteiger partial charge in [-0.15, -0.1) is 0 Å². The molecule has 9 heteroatoms. The highest BCUT2D eigenvalue weighted by Crippen LogP contribution is 2.43. The Hall–Kier alpha value is -3.13. The quantitative estimate of drug-likeness (QED) is 0.213. The lowest BCUT2D eigenvalue weighted by Crippen LogP contribution is -2.27. The molecule has 0 bridgehead atoms. The van der Waals surface area contributed by atoms with E-state index in [2.05, 4.69) is 54.4 Å². The maximum atomic E-state index is 14.0. The molecule has 5 rings (SSSR count). The van der Waals surface area contributed by atoms with Gasteiger partial charge in [-0.2, -0.15) is 10.4 Å². The topological polar surface area (TPSA) is 76.6 Å². The zero-order chi connectivity index (χ0) is 27.1. The van der Waals surface area contributed by atoms with Crippen LogP contribution in [0.2, 0.25) is 0 Å². The summed E-state index contributed by atoms with van der Waals surface area (Å²) in [7, 11) is 0. The number of hydrogen-bond acceptors (Lipinski definition) is 5. The van der Waals surface area contributed by atoms with Gasteiger partial charge in [-0.05, 0) is 47.1 Å². The number of fused-ring (bicyclic) bond motifs is 1. The third-order valence-corrected chi connectivity index (χ3v) is 7.89. The van der Waals surface area contributed by atoms with Gasteiger partial charge in [0.25, 0.3) is 0 Å². The van der Waals surface area contributed by atoms with Crippen molar-refractivity contribution in [1.82, 2.24) is 19.7 Å². The predicted octanol–water partition coefficient (Wildman–Crippen LogP) is 7.60. The van der Waals surface area contributed by atoms with E-state index < -0.39 is 5.92 Å². The second kappa shape index (κ2) is 10.2. The van der Waals surface area contributed by atoms with Crippen LogP contribution >= 0.6 is 22.6 Å². The standard InChI is InChI=1S/C29H28F2IN5O/c1-28(2,3)27-25(32)26(37(36-27)19-9-12-29(30,31)13-10-19)21-15-23(38-17-18-7-5-4-6-8-18)24-20(35-21)11-14-34-22(24)16-33/h4-8,11,14-15,19H,9-10,12-13,17H2,1-3H3. The summed E-state index contributed by atoms with van der Waals surface area (Å²) in [5, 5.41) is 15.3. The SMILES string of the molecule is CC(C)(C)c1nn(C2CCC(F)(F)CC2)c(-c2cc(OCc3ccccc3)c3c(C#N)nccc3n2)c1I. The second-order valence-electron chi connectivity index (χ2n) is 10.7. The summed E-state index contributed by atoms with van der Waals surface area (Å²) in [4.78, 5) is 9.16. The molecule has 1 fully saturated rings. The molecular weight excluding hydrogens is 599 g/mol. The maximum Gasteiger partial charge on any atom is 0.248 e. The highest BCUT2D eigenvalue weighted by atomic mass is 127. The van der Waals surface area contributed by atoms with Gasteiger partial charge in [-0.1, -0.05) is 51.1 Å². The van der Waals surface area contributed by atoms with E-state index in [9.17, 15) is 14.0 Å². The Labute approximate surface area is 234 Å². The molecule has 1 aliphatic carbocycles. The zero-order valence-corrected chi connectivity index (χ0v) is 23.7. The van der Waals surface area contributed by atoms with E-state index in [1.54, 1.807) is 12.3 Å². The fraction of sp³-hybridized carbons (Fsp3) is 0.379. The first kappa shape index (κ1) is 26.5. The molecule has 1 aromatic carbocycles. The third-order valence-electron chi connectivity index (χ3n) is 6.87. The van der Waals surface area contributed by atoms with Crippen LogP contribution in [0.4, 0.5) is 8.78 Å². The molecule has 0 amide bonds. The zero-order valence-electron chi connectivity index (χ0n) is 21.5. The molecule has 0 saturated heterocycles. The average Bonchev–Trinajstić information content (AvgIpc) is 3.24. The maximum absolute atomic E-state index is 14.0. The summed E-state index contributed by atoms with van der Waals surface area (Å²) >= 11 is 2.30. The summed E-state index contributed by atoms with van der Waals surface area (Å²) in [6.07, 6.45) is 1.92. The van der Waals surface area contributed by atoms with Crippen molar-refractivity contribution in [2.75, 3.05) is 0 Å². The Bertz CT molecular complexity index is 1510. The van der Waals surface area contributed by atoms with Gasteiger partial charge in [0.05, 0.1) is 31.9 Å². The number of halogens is 3. The van der Waals surface area contributed by atoms with Crippen molar-refractivity contribution in [3.05, 3.63) is 69.2 Å². The minimum Gasteiger partial charge on any atom is -0.488 e. The predicted molar refractivity (Wildman–Crippen MR) is 150 cm³/mol. The number of alkyl halides is 2. The van der Waals surface area contributed by atoms with E-state index in [0.717, 1.165) is 20.5 Å². The van der Waals surface area contributed by atoms with Crippen LogP contribution in [0.5, 0.6) is 5.75 Å². The molecule has 1 aliphatic rings. The van der Waals surface area contributed by atoms with Gasteiger partial charge in [0.1, 0.15) is 24.1 Å². The summed E-state index contributed by atoms with van der Waals surface area (Å²) in [6.45, 7) is 6.58. The lowest BCUT2D eigenvalue weighted by molar-refractivity contribution is -0.0449. The van der Waals surface area contributed by atoms with Crippen LogP contribution in [0.3, 0.4) is 0 Å². The number of benzene rings is 1. The van der Waals surface area contributed by atoms with Crippen LogP contribution < -0.4 is 4.74 Å². The lowest BCUT2D eigenvalue weighted by atomic mass is 9.91. The Morgan fingerprint density at radius 2 is 1.87 bits per heavy atom. The molecule has 0 spiro atoms. The van der Waals surface area contributed by atoms with Gasteiger partial charge >= 0.3 is 0 Å². The molecule has 38 heavy (non-hydrogen) atoms. The van der Waals surface area contributed by atoms with E-state index in [0.29, 0.717) is 41.8 Å². The Balaban J connectivity index is 1.67. The molecule has 0 aliphatic heterocycles. The van der Waals surface area contributed by atoms with Crippen molar-refractivity contribution in [1.29, 1.82) is 5.26 Å². The minimum absolute atomic E-state index is 0.160. The lowest BCUT2D eigenvalue weighted by Gasteiger charge is -2.29. The normalized spacial score (nSPS) is 15.9. The van der Waals surface area contributed by atoms with Crippen molar-refractivity contribution in [2.45, 2.75) is 70.4 Å². The molecule has 6 nitrogen and oxygen atoms in total. The summed E-state index contributed by atoms with van der Waals surface area (Å²) < 4.78 is 37.2. The van der Waals surface area contributed by atoms with Gasteiger partial charge in [0.15, 0.2) is 5.69 Å². The van der Waals surface area contributed by atoms with Crippen LogP contribution in [0.15, 0.2) is 48.7 Å². The van der Waals surface area contributed by atoms with Crippen LogP contribution in [-0.2, 0) is 12.0 Å². The third kappa shape index (κ3) is 5.23. The van der Waals surface area contributed by atoms with Crippen molar-refractivity contribution < 1.29 is 13.5 Å². The fourth-order valence-electron chi connectivity index (χ4n) is 4.86. The smallest absolute Gasteiger partial charge is 0.248 e. The number of pyridine rings is 2. The van der Waals surface area contributed by atoms with Gasteiger partial charge in [0, 0.05) is 30.5 Å². The van der Waals surface area contributed by atoms with Gasteiger partial charge in [0.2, 0.25) is 5.92 Å². The van der Waals surface area contributed by atoms with Gasteiger partial charge in [-0.3, -0.25) is 4.68 Å². The van der Waals surface area contributed by atoms with E-state index in [-0.39, 0.29) is 30.0 Å². The van der Waals surface area contributed by atoms with Crippen LogP contribution in [0.1, 0.15) is 69.4 Å². The fourth-order valence-corrected chi connectivity index (χ4v) is 6.30. The number of nitrogens with zero attached hydrogens (tertiary/aromatic N) is 5.